The van der Waals surface area contributed by atoms with E-state index in [-0.39, 0.29) is 30.2 Å². The second-order valence-corrected chi connectivity index (χ2v) is 10.9. The summed E-state index contributed by atoms with van der Waals surface area (Å²) in [6, 6.07) is 21.8. The monoisotopic (exact) mass is 562 g/mol. The molecule has 0 bridgehead atoms. The van der Waals surface area contributed by atoms with Crippen molar-refractivity contribution in [3.63, 3.8) is 0 Å². The topological polar surface area (TPSA) is 49.4 Å². The van der Waals surface area contributed by atoms with Gasteiger partial charge in [0, 0.05) is 29.8 Å². The Morgan fingerprint density at radius 3 is 2.22 bits per heavy atom. The highest BCUT2D eigenvalue weighted by Crippen LogP contribution is 2.26. The molecule has 3 rings (SSSR count). The fraction of sp³-hybridized carbons (Fsp3) is 0.286. The van der Waals surface area contributed by atoms with E-state index in [9.17, 15) is 9.59 Å². The first-order valence-electron chi connectivity index (χ1n) is 11.6. The van der Waals surface area contributed by atoms with Crippen LogP contribution in [-0.2, 0) is 28.3 Å². The molecular formula is C28H29Cl3N2O2S. The molecule has 0 unspecified atom stereocenters. The predicted molar refractivity (Wildman–Crippen MR) is 152 cm³/mol. The van der Waals surface area contributed by atoms with Gasteiger partial charge < -0.3 is 10.2 Å². The van der Waals surface area contributed by atoms with Crippen LogP contribution in [0.5, 0.6) is 0 Å². The molecule has 36 heavy (non-hydrogen) atoms. The van der Waals surface area contributed by atoms with Gasteiger partial charge in [-0.1, -0.05) is 89.4 Å². The van der Waals surface area contributed by atoms with Crippen LogP contribution in [0.25, 0.3) is 0 Å². The van der Waals surface area contributed by atoms with E-state index < -0.39 is 6.04 Å². The Morgan fingerprint density at radius 2 is 1.56 bits per heavy atom. The average molecular weight is 564 g/mol. The Kier molecular flexibility index (Phi) is 11.0. The fourth-order valence-electron chi connectivity index (χ4n) is 3.71. The molecule has 0 aliphatic carbocycles. The van der Waals surface area contributed by atoms with Crippen molar-refractivity contribution in [2.45, 2.75) is 44.6 Å². The van der Waals surface area contributed by atoms with Crippen LogP contribution in [0.2, 0.25) is 15.1 Å². The van der Waals surface area contributed by atoms with E-state index in [2.05, 4.69) is 5.32 Å². The van der Waals surface area contributed by atoms with Gasteiger partial charge in [-0.05, 0) is 48.7 Å². The van der Waals surface area contributed by atoms with E-state index in [0.29, 0.717) is 27.2 Å². The molecule has 0 heterocycles. The number of rotatable bonds is 11. The lowest BCUT2D eigenvalue weighted by Crippen LogP contribution is -2.52. The molecule has 190 valence electrons. The average Bonchev–Trinajstić information content (AvgIpc) is 2.84. The van der Waals surface area contributed by atoms with Crippen LogP contribution in [0.3, 0.4) is 0 Å². The minimum atomic E-state index is -0.691. The smallest absolute Gasteiger partial charge is 0.243 e. The third kappa shape index (κ3) is 8.45. The minimum Gasteiger partial charge on any atom is -0.352 e. The highest BCUT2D eigenvalue weighted by Gasteiger charge is 2.31. The summed E-state index contributed by atoms with van der Waals surface area (Å²) in [5.74, 6) is 0.457. The molecule has 0 fully saturated rings. The number of halogens is 3. The lowest BCUT2D eigenvalue weighted by atomic mass is 10.0. The first kappa shape index (κ1) is 28.4. The van der Waals surface area contributed by atoms with E-state index >= 15 is 0 Å². The lowest BCUT2D eigenvalue weighted by molar-refractivity contribution is -0.139. The normalized spacial score (nSPS) is 11.8. The Morgan fingerprint density at radius 1 is 0.861 bits per heavy atom. The Hall–Kier alpha value is -2.18. The number of nitrogens with one attached hydrogen (secondary N) is 1. The maximum absolute atomic E-state index is 13.6. The highest BCUT2D eigenvalue weighted by atomic mass is 35.5. The molecule has 0 saturated carbocycles. The van der Waals surface area contributed by atoms with Crippen LogP contribution in [0.1, 0.15) is 30.5 Å². The molecule has 1 atom stereocenters. The van der Waals surface area contributed by atoms with Gasteiger partial charge in [-0.15, -0.1) is 11.8 Å². The molecule has 8 heteroatoms. The molecule has 0 spiro atoms. The summed E-state index contributed by atoms with van der Waals surface area (Å²) in [6.07, 6.45) is 0.396. The standard InChI is InChI=1S/C28H29Cl3N2O2S/c1-19(2)32-28(35)26(15-20-8-4-3-5-9-20)33(16-22-10-6-7-11-23(22)29)27(34)18-36-17-21-12-13-24(30)25(31)14-21/h3-14,19,26H,15-18H2,1-2H3,(H,32,35)/t26-/m0/s1. The second-order valence-electron chi connectivity index (χ2n) is 8.72. The Balaban J connectivity index is 1.85. The number of hydrogen-bond acceptors (Lipinski definition) is 3. The van der Waals surface area contributed by atoms with Gasteiger partial charge in [0.2, 0.25) is 11.8 Å². The van der Waals surface area contributed by atoms with Crippen molar-refractivity contribution in [2.24, 2.45) is 0 Å². The van der Waals surface area contributed by atoms with E-state index in [0.717, 1.165) is 16.7 Å². The van der Waals surface area contributed by atoms with Gasteiger partial charge in [0.1, 0.15) is 6.04 Å². The van der Waals surface area contributed by atoms with Crippen molar-refractivity contribution >= 4 is 58.4 Å². The first-order valence-corrected chi connectivity index (χ1v) is 13.9. The molecular weight excluding hydrogens is 535 g/mol. The summed E-state index contributed by atoms with van der Waals surface area (Å²) in [5, 5.41) is 4.52. The van der Waals surface area contributed by atoms with Crippen molar-refractivity contribution in [1.29, 1.82) is 0 Å². The van der Waals surface area contributed by atoms with Gasteiger partial charge >= 0.3 is 0 Å². The van der Waals surface area contributed by atoms with Gasteiger partial charge in [-0.3, -0.25) is 9.59 Å². The molecule has 0 saturated heterocycles. The van der Waals surface area contributed by atoms with Crippen molar-refractivity contribution in [2.75, 3.05) is 5.75 Å². The molecule has 0 aliphatic heterocycles. The molecule has 3 aromatic rings. The summed E-state index contributed by atoms with van der Waals surface area (Å²) >= 11 is 20.1. The molecule has 0 aliphatic rings. The van der Waals surface area contributed by atoms with Crippen LogP contribution in [0, 0.1) is 0 Å². The van der Waals surface area contributed by atoms with Gasteiger partial charge in [-0.25, -0.2) is 0 Å². The predicted octanol–water partition coefficient (Wildman–Crippen LogP) is 7.04. The molecule has 1 N–H and O–H groups in total. The maximum Gasteiger partial charge on any atom is 0.243 e. The highest BCUT2D eigenvalue weighted by molar-refractivity contribution is 7.99. The third-order valence-corrected chi connectivity index (χ3v) is 7.58. The van der Waals surface area contributed by atoms with Crippen molar-refractivity contribution in [1.82, 2.24) is 10.2 Å². The van der Waals surface area contributed by atoms with E-state index in [1.54, 1.807) is 23.1 Å². The van der Waals surface area contributed by atoms with E-state index in [1.807, 2.05) is 68.4 Å². The van der Waals surface area contributed by atoms with Crippen molar-refractivity contribution < 1.29 is 9.59 Å². The van der Waals surface area contributed by atoms with Gasteiger partial charge in [0.25, 0.3) is 0 Å². The van der Waals surface area contributed by atoms with E-state index in [4.69, 9.17) is 34.8 Å². The number of carbonyl (C=O) groups excluding carboxylic acids is 2. The Bertz CT molecular complexity index is 1170. The summed E-state index contributed by atoms with van der Waals surface area (Å²) < 4.78 is 0. The summed E-state index contributed by atoms with van der Waals surface area (Å²) in [7, 11) is 0. The lowest BCUT2D eigenvalue weighted by Gasteiger charge is -2.32. The zero-order valence-electron chi connectivity index (χ0n) is 20.2. The number of carbonyl (C=O) groups is 2. The first-order chi connectivity index (χ1) is 17.2. The zero-order valence-corrected chi connectivity index (χ0v) is 23.3. The van der Waals surface area contributed by atoms with Crippen LogP contribution in [0.4, 0.5) is 0 Å². The second kappa shape index (κ2) is 13.9. The SMILES string of the molecule is CC(C)NC(=O)[C@H](Cc1ccccc1)N(Cc1ccccc1Cl)C(=O)CSCc1ccc(Cl)c(Cl)c1. The Labute approximate surface area is 232 Å². The van der Waals surface area contributed by atoms with Gasteiger partial charge in [0.15, 0.2) is 0 Å². The van der Waals surface area contributed by atoms with Crippen LogP contribution in [0.15, 0.2) is 72.8 Å². The zero-order chi connectivity index (χ0) is 26.1. The molecule has 2 amide bonds. The number of thioether (sulfide) groups is 1. The maximum atomic E-state index is 13.6. The number of nitrogens with zero attached hydrogens (tertiary/aromatic N) is 1. The number of benzene rings is 3. The van der Waals surface area contributed by atoms with Crippen molar-refractivity contribution in [3.05, 3.63) is 105 Å². The third-order valence-electron chi connectivity index (χ3n) is 5.48. The van der Waals surface area contributed by atoms with Crippen LogP contribution < -0.4 is 5.32 Å². The van der Waals surface area contributed by atoms with Crippen LogP contribution in [-0.4, -0.2) is 34.6 Å². The molecule has 4 nitrogen and oxygen atoms in total. The molecule has 0 aromatic heterocycles. The largest absolute Gasteiger partial charge is 0.352 e. The van der Waals surface area contributed by atoms with Gasteiger partial charge in [-0.2, -0.15) is 0 Å². The minimum absolute atomic E-state index is 0.0583. The number of hydrogen-bond donors (Lipinski definition) is 1. The quantitative estimate of drug-likeness (QED) is 0.272. The molecule has 0 radical (unpaired) electrons. The number of amides is 2. The molecule has 3 aromatic carbocycles. The fourth-order valence-corrected chi connectivity index (χ4v) is 5.09. The van der Waals surface area contributed by atoms with Crippen molar-refractivity contribution in [3.8, 4) is 0 Å². The summed E-state index contributed by atoms with van der Waals surface area (Å²) in [5.41, 5.74) is 2.73. The van der Waals surface area contributed by atoms with Crippen LogP contribution >= 0.6 is 46.6 Å². The van der Waals surface area contributed by atoms with E-state index in [1.165, 1.54) is 11.8 Å². The summed E-state index contributed by atoms with van der Waals surface area (Å²) in [4.78, 5) is 28.6. The van der Waals surface area contributed by atoms with Gasteiger partial charge in [0.05, 0.1) is 15.8 Å². The summed E-state index contributed by atoms with van der Waals surface area (Å²) in [6.45, 7) is 4.05.